The molecule has 0 spiro atoms. The van der Waals surface area contributed by atoms with Crippen molar-refractivity contribution in [2.45, 2.75) is 57.7 Å². The molecule has 0 aromatic heterocycles. The van der Waals surface area contributed by atoms with E-state index < -0.39 is 6.17 Å². The van der Waals surface area contributed by atoms with Crippen LogP contribution in [0.3, 0.4) is 0 Å². The van der Waals surface area contributed by atoms with Crippen molar-refractivity contribution in [1.29, 1.82) is 0 Å². The van der Waals surface area contributed by atoms with E-state index in [1.807, 2.05) is 6.92 Å². The Morgan fingerprint density at radius 3 is 2.54 bits per heavy atom. The molecule has 0 unspecified atom stereocenters. The van der Waals surface area contributed by atoms with Crippen molar-refractivity contribution in [2.24, 2.45) is 0 Å². The van der Waals surface area contributed by atoms with Gasteiger partial charge in [-0.15, -0.1) is 0 Å². The standard InChI is InChI=1S/C10H17FO2/c1-2-3-10(12)13-9-6-4-8(11)5-7-9/h8-9H,2-7H2,1H3. The summed E-state index contributed by atoms with van der Waals surface area (Å²) >= 11 is 0. The van der Waals surface area contributed by atoms with Crippen LogP contribution in [0.4, 0.5) is 4.39 Å². The predicted octanol–water partition coefficient (Wildman–Crippen LogP) is 2.61. The highest BCUT2D eigenvalue weighted by Crippen LogP contribution is 2.23. The monoisotopic (exact) mass is 188 g/mol. The van der Waals surface area contributed by atoms with Gasteiger partial charge in [-0.1, -0.05) is 6.92 Å². The van der Waals surface area contributed by atoms with Crippen LogP contribution in [0.2, 0.25) is 0 Å². The molecule has 1 saturated carbocycles. The van der Waals surface area contributed by atoms with Crippen LogP contribution in [0.5, 0.6) is 0 Å². The Kier molecular flexibility index (Phi) is 4.19. The minimum absolute atomic E-state index is 0.0222. The molecule has 0 aromatic carbocycles. The second kappa shape index (κ2) is 5.20. The summed E-state index contributed by atoms with van der Waals surface area (Å²) in [5, 5.41) is 0. The van der Waals surface area contributed by atoms with Crippen molar-refractivity contribution in [2.75, 3.05) is 0 Å². The molecule has 0 bridgehead atoms. The molecule has 0 atom stereocenters. The van der Waals surface area contributed by atoms with Crippen molar-refractivity contribution in [3.8, 4) is 0 Å². The molecule has 0 amide bonds. The van der Waals surface area contributed by atoms with Crippen LogP contribution in [0, 0.1) is 0 Å². The molecule has 13 heavy (non-hydrogen) atoms. The van der Waals surface area contributed by atoms with Crippen LogP contribution in [0.15, 0.2) is 0 Å². The number of carbonyl (C=O) groups is 1. The fourth-order valence-electron chi connectivity index (χ4n) is 1.59. The van der Waals surface area contributed by atoms with Crippen LogP contribution in [0.25, 0.3) is 0 Å². The molecule has 0 radical (unpaired) electrons. The van der Waals surface area contributed by atoms with Gasteiger partial charge in [0, 0.05) is 6.42 Å². The van der Waals surface area contributed by atoms with E-state index in [0.29, 0.717) is 32.1 Å². The molecule has 0 N–H and O–H groups in total. The maximum atomic E-state index is 12.7. The lowest BCUT2D eigenvalue weighted by Crippen LogP contribution is -2.24. The number of carbonyl (C=O) groups excluding carboxylic acids is 1. The summed E-state index contributed by atoms with van der Waals surface area (Å²) in [6.45, 7) is 1.94. The maximum Gasteiger partial charge on any atom is 0.306 e. The quantitative estimate of drug-likeness (QED) is 0.636. The lowest BCUT2D eigenvalue weighted by molar-refractivity contribution is -0.151. The number of ether oxygens (including phenoxy) is 1. The van der Waals surface area contributed by atoms with Gasteiger partial charge in [0.25, 0.3) is 0 Å². The van der Waals surface area contributed by atoms with Crippen LogP contribution >= 0.6 is 0 Å². The Hall–Kier alpha value is -0.600. The second-order valence-corrected chi connectivity index (χ2v) is 3.61. The topological polar surface area (TPSA) is 26.3 Å². The van der Waals surface area contributed by atoms with E-state index in [2.05, 4.69) is 0 Å². The van der Waals surface area contributed by atoms with Crippen molar-refractivity contribution in [3.63, 3.8) is 0 Å². The Morgan fingerprint density at radius 2 is 2.00 bits per heavy atom. The average molecular weight is 188 g/mol. The lowest BCUT2D eigenvalue weighted by atomic mass is 9.96. The minimum atomic E-state index is -0.680. The number of hydrogen-bond acceptors (Lipinski definition) is 2. The molecule has 1 aliphatic rings. The van der Waals surface area contributed by atoms with Crippen LogP contribution in [0.1, 0.15) is 45.4 Å². The molecular formula is C10H17FO2. The van der Waals surface area contributed by atoms with Gasteiger partial charge in [0.05, 0.1) is 0 Å². The highest BCUT2D eigenvalue weighted by molar-refractivity contribution is 5.69. The zero-order valence-corrected chi connectivity index (χ0v) is 8.09. The Labute approximate surface area is 78.5 Å². The largest absolute Gasteiger partial charge is 0.462 e. The fraction of sp³-hybridized carbons (Fsp3) is 0.900. The van der Waals surface area contributed by atoms with E-state index in [0.717, 1.165) is 6.42 Å². The van der Waals surface area contributed by atoms with Gasteiger partial charge >= 0.3 is 5.97 Å². The van der Waals surface area contributed by atoms with Crippen LogP contribution in [-0.2, 0) is 9.53 Å². The van der Waals surface area contributed by atoms with E-state index >= 15 is 0 Å². The molecule has 1 fully saturated rings. The van der Waals surface area contributed by atoms with E-state index in [-0.39, 0.29) is 12.1 Å². The summed E-state index contributed by atoms with van der Waals surface area (Å²) in [6.07, 6.45) is 3.07. The molecule has 0 aliphatic heterocycles. The molecule has 0 saturated heterocycles. The Balaban J connectivity index is 2.18. The summed E-state index contributed by atoms with van der Waals surface area (Å²) < 4.78 is 17.9. The lowest BCUT2D eigenvalue weighted by Gasteiger charge is -2.24. The zero-order valence-electron chi connectivity index (χ0n) is 8.09. The molecule has 2 nitrogen and oxygen atoms in total. The van der Waals surface area contributed by atoms with Gasteiger partial charge in [0.15, 0.2) is 0 Å². The second-order valence-electron chi connectivity index (χ2n) is 3.61. The third-order valence-electron chi connectivity index (χ3n) is 2.36. The molecule has 0 heterocycles. The average Bonchev–Trinajstić information content (AvgIpc) is 2.09. The van der Waals surface area contributed by atoms with Gasteiger partial charge in [-0.25, -0.2) is 4.39 Å². The van der Waals surface area contributed by atoms with Gasteiger partial charge in [-0.2, -0.15) is 0 Å². The summed E-state index contributed by atoms with van der Waals surface area (Å²) in [6, 6.07) is 0. The maximum absolute atomic E-state index is 12.7. The fourth-order valence-corrected chi connectivity index (χ4v) is 1.59. The highest BCUT2D eigenvalue weighted by Gasteiger charge is 2.22. The molecule has 76 valence electrons. The first kappa shape index (κ1) is 10.5. The summed E-state index contributed by atoms with van der Waals surface area (Å²) in [7, 11) is 0. The summed E-state index contributed by atoms with van der Waals surface area (Å²) in [4.78, 5) is 11.1. The van der Waals surface area contributed by atoms with Crippen LogP contribution in [-0.4, -0.2) is 18.2 Å². The number of halogens is 1. The zero-order chi connectivity index (χ0) is 9.68. The Bertz CT molecular complexity index is 162. The Morgan fingerprint density at radius 1 is 1.38 bits per heavy atom. The summed E-state index contributed by atoms with van der Waals surface area (Å²) in [5.41, 5.74) is 0. The number of hydrogen-bond donors (Lipinski definition) is 0. The smallest absolute Gasteiger partial charge is 0.306 e. The molecule has 1 aliphatic carbocycles. The van der Waals surface area contributed by atoms with Crippen molar-refractivity contribution in [3.05, 3.63) is 0 Å². The van der Waals surface area contributed by atoms with Crippen LogP contribution < -0.4 is 0 Å². The molecular weight excluding hydrogens is 171 g/mol. The predicted molar refractivity (Wildman–Crippen MR) is 48.2 cm³/mol. The van der Waals surface area contributed by atoms with Gasteiger partial charge in [0.1, 0.15) is 12.3 Å². The number of rotatable bonds is 3. The van der Waals surface area contributed by atoms with E-state index in [1.54, 1.807) is 0 Å². The first-order valence-electron chi connectivity index (χ1n) is 5.06. The molecule has 1 rings (SSSR count). The van der Waals surface area contributed by atoms with E-state index in [9.17, 15) is 9.18 Å². The highest BCUT2D eigenvalue weighted by atomic mass is 19.1. The van der Waals surface area contributed by atoms with Gasteiger partial charge in [-0.3, -0.25) is 4.79 Å². The van der Waals surface area contributed by atoms with Crippen molar-refractivity contribution < 1.29 is 13.9 Å². The van der Waals surface area contributed by atoms with Gasteiger partial charge < -0.3 is 4.74 Å². The normalized spacial score (nSPS) is 28.5. The third kappa shape index (κ3) is 3.75. The van der Waals surface area contributed by atoms with Crippen molar-refractivity contribution >= 4 is 5.97 Å². The van der Waals surface area contributed by atoms with Crippen molar-refractivity contribution in [1.82, 2.24) is 0 Å². The SMILES string of the molecule is CCCC(=O)OC1CCC(F)CC1. The third-order valence-corrected chi connectivity index (χ3v) is 2.36. The first-order valence-corrected chi connectivity index (χ1v) is 5.06. The summed E-state index contributed by atoms with van der Waals surface area (Å²) in [5.74, 6) is -0.134. The van der Waals surface area contributed by atoms with Gasteiger partial charge in [-0.05, 0) is 32.1 Å². The number of esters is 1. The number of alkyl halides is 1. The first-order chi connectivity index (χ1) is 6.22. The molecule has 3 heteroatoms. The van der Waals surface area contributed by atoms with E-state index in [4.69, 9.17) is 4.74 Å². The molecule has 0 aromatic rings. The minimum Gasteiger partial charge on any atom is -0.462 e. The van der Waals surface area contributed by atoms with Gasteiger partial charge in [0.2, 0.25) is 0 Å². The van der Waals surface area contributed by atoms with E-state index in [1.165, 1.54) is 0 Å².